The van der Waals surface area contributed by atoms with Gasteiger partial charge < -0.3 is 20.7 Å². The lowest BCUT2D eigenvalue weighted by Crippen LogP contribution is -2.30. The van der Waals surface area contributed by atoms with Gasteiger partial charge >= 0.3 is 0 Å². The molecule has 1 atom stereocenters. The van der Waals surface area contributed by atoms with Crippen LogP contribution in [-0.4, -0.2) is 24.8 Å². The highest BCUT2D eigenvalue weighted by atomic mass is 32.2. The SMILES string of the molecule is CCc1cccc(C)c1NC(=O)C(Sc1ccc(NC(=O)/C(=C/c2ccccc2OC)NC(=O)c2ccccc2)cc1)c1ccccc1. The Bertz CT molecular complexity index is 1910. The van der Waals surface area contributed by atoms with Crippen LogP contribution in [0.25, 0.3) is 6.08 Å². The predicted octanol–water partition coefficient (Wildman–Crippen LogP) is 8.45. The van der Waals surface area contributed by atoms with Crippen molar-refractivity contribution < 1.29 is 19.1 Å². The third-order valence-corrected chi connectivity index (χ3v) is 8.93. The van der Waals surface area contributed by atoms with Gasteiger partial charge in [-0.1, -0.05) is 91.9 Å². The number of aryl methyl sites for hydroxylation is 2. The van der Waals surface area contributed by atoms with E-state index in [1.54, 1.807) is 61.7 Å². The molecule has 242 valence electrons. The van der Waals surface area contributed by atoms with Gasteiger partial charge in [0, 0.05) is 27.4 Å². The minimum Gasteiger partial charge on any atom is -0.496 e. The predicted molar refractivity (Wildman–Crippen MR) is 194 cm³/mol. The highest BCUT2D eigenvalue weighted by Crippen LogP contribution is 2.37. The van der Waals surface area contributed by atoms with Crippen molar-refractivity contribution in [2.24, 2.45) is 0 Å². The Labute approximate surface area is 285 Å². The number of benzene rings is 5. The summed E-state index contributed by atoms with van der Waals surface area (Å²) in [7, 11) is 1.55. The molecule has 5 aromatic rings. The summed E-state index contributed by atoms with van der Waals surface area (Å²) in [5, 5.41) is 8.32. The van der Waals surface area contributed by atoms with E-state index >= 15 is 0 Å². The lowest BCUT2D eigenvalue weighted by Gasteiger charge is -2.20. The summed E-state index contributed by atoms with van der Waals surface area (Å²) in [5.74, 6) is -0.478. The summed E-state index contributed by atoms with van der Waals surface area (Å²) >= 11 is 1.43. The minimum absolute atomic E-state index is 0.0512. The molecule has 0 radical (unpaired) electrons. The molecule has 48 heavy (non-hydrogen) atoms. The van der Waals surface area contributed by atoms with Crippen molar-refractivity contribution >= 4 is 46.9 Å². The fraction of sp³-hybridized carbons (Fsp3) is 0.125. The highest BCUT2D eigenvalue weighted by Gasteiger charge is 2.24. The average molecular weight is 656 g/mol. The summed E-state index contributed by atoms with van der Waals surface area (Å²) < 4.78 is 5.46. The van der Waals surface area contributed by atoms with Crippen molar-refractivity contribution in [2.75, 3.05) is 17.7 Å². The second-order valence-corrected chi connectivity index (χ2v) is 12.1. The van der Waals surface area contributed by atoms with Gasteiger partial charge in [-0.15, -0.1) is 11.8 Å². The first-order chi connectivity index (χ1) is 23.4. The molecular weight excluding hydrogens is 619 g/mol. The molecule has 0 spiro atoms. The van der Waals surface area contributed by atoms with Crippen molar-refractivity contribution in [3.8, 4) is 5.75 Å². The van der Waals surface area contributed by atoms with Crippen molar-refractivity contribution in [2.45, 2.75) is 30.4 Å². The van der Waals surface area contributed by atoms with Crippen LogP contribution >= 0.6 is 11.8 Å². The van der Waals surface area contributed by atoms with Crippen LogP contribution in [0.15, 0.2) is 138 Å². The number of anilines is 2. The Hall–Kier alpha value is -5.60. The Morgan fingerprint density at radius 2 is 1.44 bits per heavy atom. The van der Waals surface area contributed by atoms with Crippen LogP contribution in [0.3, 0.4) is 0 Å². The number of hydrogen-bond acceptors (Lipinski definition) is 5. The first kappa shape index (κ1) is 33.8. The zero-order valence-corrected chi connectivity index (χ0v) is 27.8. The van der Waals surface area contributed by atoms with Gasteiger partial charge in [-0.05, 0) is 78.6 Å². The number of thioether (sulfide) groups is 1. The third kappa shape index (κ3) is 8.60. The molecule has 0 aliphatic carbocycles. The number of nitrogens with one attached hydrogen (secondary N) is 3. The number of para-hydroxylation sites is 2. The van der Waals surface area contributed by atoms with Gasteiger partial charge in [0.25, 0.3) is 11.8 Å². The van der Waals surface area contributed by atoms with Crippen LogP contribution in [0, 0.1) is 6.92 Å². The lowest BCUT2D eigenvalue weighted by molar-refractivity contribution is -0.116. The van der Waals surface area contributed by atoms with Gasteiger partial charge in [0.15, 0.2) is 0 Å². The third-order valence-electron chi connectivity index (χ3n) is 7.66. The molecule has 5 aromatic carbocycles. The Balaban J connectivity index is 1.36. The van der Waals surface area contributed by atoms with Crippen molar-refractivity contribution in [3.63, 3.8) is 0 Å². The molecule has 0 aromatic heterocycles. The second kappa shape index (κ2) is 16.3. The van der Waals surface area contributed by atoms with E-state index in [1.807, 2.05) is 85.8 Å². The Kier molecular flexibility index (Phi) is 11.5. The lowest BCUT2D eigenvalue weighted by atomic mass is 10.1. The minimum atomic E-state index is -0.514. The number of amides is 3. The smallest absolute Gasteiger partial charge is 0.272 e. The van der Waals surface area contributed by atoms with Crippen LogP contribution in [0.2, 0.25) is 0 Å². The molecular formula is C40H37N3O4S. The van der Waals surface area contributed by atoms with E-state index < -0.39 is 17.1 Å². The van der Waals surface area contributed by atoms with E-state index in [2.05, 4.69) is 22.9 Å². The highest BCUT2D eigenvalue weighted by molar-refractivity contribution is 8.00. The number of hydrogen-bond donors (Lipinski definition) is 3. The van der Waals surface area contributed by atoms with Crippen molar-refractivity contribution in [3.05, 3.63) is 161 Å². The fourth-order valence-corrected chi connectivity index (χ4v) is 6.15. The van der Waals surface area contributed by atoms with Crippen molar-refractivity contribution in [1.29, 1.82) is 0 Å². The molecule has 0 fully saturated rings. The second-order valence-electron chi connectivity index (χ2n) is 11.0. The van der Waals surface area contributed by atoms with Crippen LogP contribution in [0.1, 0.15) is 44.8 Å². The molecule has 0 saturated heterocycles. The van der Waals surface area contributed by atoms with Gasteiger partial charge in [-0.3, -0.25) is 14.4 Å². The molecule has 3 N–H and O–H groups in total. The number of ether oxygens (including phenoxy) is 1. The van der Waals surface area contributed by atoms with E-state index in [9.17, 15) is 14.4 Å². The molecule has 0 heterocycles. The zero-order valence-electron chi connectivity index (χ0n) is 27.0. The van der Waals surface area contributed by atoms with Gasteiger partial charge in [-0.25, -0.2) is 0 Å². The molecule has 0 saturated carbocycles. The summed E-state index contributed by atoms with van der Waals surface area (Å²) in [6.45, 7) is 4.07. The number of methoxy groups -OCH3 is 1. The van der Waals surface area contributed by atoms with E-state index in [0.717, 1.165) is 33.7 Å². The zero-order chi connectivity index (χ0) is 33.9. The normalized spacial score (nSPS) is 11.7. The van der Waals surface area contributed by atoms with Gasteiger partial charge in [0.05, 0.1) is 7.11 Å². The largest absolute Gasteiger partial charge is 0.496 e. The molecule has 8 heteroatoms. The fourth-order valence-electron chi connectivity index (χ4n) is 5.13. The Morgan fingerprint density at radius 3 is 2.12 bits per heavy atom. The first-order valence-corrected chi connectivity index (χ1v) is 16.5. The molecule has 1 unspecified atom stereocenters. The maximum absolute atomic E-state index is 13.8. The number of carbonyl (C=O) groups is 3. The summed E-state index contributed by atoms with van der Waals surface area (Å²) in [4.78, 5) is 41.2. The monoisotopic (exact) mass is 655 g/mol. The Morgan fingerprint density at radius 1 is 0.771 bits per heavy atom. The molecule has 3 amide bonds. The summed E-state index contributed by atoms with van der Waals surface area (Å²) in [6.07, 6.45) is 2.39. The van der Waals surface area contributed by atoms with E-state index in [4.69, 9.17) is 4.74 Å². The summed E-state index contributed by atoms with van der Waals surface area (Å²) in [6, 6.07) is 38.9. The van der Waals surface area contributed by atoms with E-state index in [1.165, 1.54) is 11.8 Å². The summed E-state index contributed by atoms with van der Waals surface area (Å²) in [5.41, 5.74) is 5.45. The van der Waals surface area contributed by atoms with Crippen LogP contribution in [0.4, 0.5) is 11.4 Å². The average Bonchev–Trinajstić information content (AvgIpc) is 3.12. The topological polar surface area (TPSA) is 96.5 Å². The van der Waals surface area contributed by atoms with Crippen LogP contribution < -0.4 is 20.7 Å². The molecule has 5 rings (SSSR count). The van der Waals surface area contributed by atoms with Crippen LogP contribution in [0.5, 0.6) is 5.75 Å². The van der Waals surface area contributed by atoms with Gasteiger partial charge in [0.2, 0.25) is 5.91 Å². The van der Waals surface area contributed by atoms with Crippen LogP contribution in [-0.2, 0) is 16.0 Å². The molecule has 0 aliphatic rings. The van der Waals surface area contributed by atoms with E-state index in [-0.39, 0.29) is 11.6 Å². The molecule has 0 bridgehead atoms. The van der Waals surface area contributed by atoms with E-state index in [0.29, 0.717) is 22.6 Å². The standard InChI is InChI=1S/C40H37N3O4S/c1-4-28-20-13-14-27(2)36(28)43-40(46)37(29-15-7-5-8-16-29)48-33-24-22-32(23-25-33)41-39(45)34(26-31-19-11-12-21-35(31)47-3)42-38(44)30-17-9-6-10-18-30/h5-26,37H,4H2,1-3H3,(H,41,45)(H,42,44)(H,43,46)/b34-26-. The quantitative estimate of drug-likeness (QED) is 0.0926. The number of carbonyl (C=O) groups excluding carboxylic acids is 3. The molecule has 7 nitrogen and oxygen atoms in total. The maximum Gasteiger partial charge on any atom is 0.272 e. The van der Waals surface area contributed by atoms with Gasteiger partial charge in [0.1, 0.15) is 16.7 Å². The molecule has 0 aliphatic heterocycles. The first-order valence-electron chi connectivity index (χ1n) is 15.6. The van der Waals surface area contributed by atoms with Crippen molar-refractivity contribution in [1.82, 2.24) is 5.32 Å². The maximum atomic E-state index is 13.8. The number of rotatable bonds is 12. The van der Waals surface area contributed by atoms with Gasteiger partial charge in [-0.2, -0.15) is 0 Å².